The van der Waals surface area contributed by atoms with Crippen LogP contribution in [0, 0.1) is 11.6 Å². The highest BCUT2D eigenvalue weighted by molar-refractivity contribution is 5.78. The van der Waals surface area contributed by atoms with E-state index in [4.69, 9.17) is 0 Å². The number of carbonyl (C=O) groups excluding carboxylic acids is 1. The Kier molecular flexibility index (Phi) is 4.92. The molecule has 2 heterocycles. The SMILES string of the molecule is O=C1CCCN1C1CCCN(CC(O)c2ccc(F)c(F)c2)C1. The summed E-state index contributed by atoms with van der Waals surface area (Å²) in [6.07, 6.45) is 2.65. The molecule has 126 valence electrons. The van der Waals surface area contributed by atoms with Gasteiger partial charge in [0.15, 0.2) is 11.6 Å². The molecule has 2 unspecified atom stereocenters. The standard InChI is InChI=1S/C17H22F2N2O2/c18-14-6-5-12(9-15(14)19)16(22)11-20-7-1-3-13(10-20)21-8-2-4-17(21)23/h5-6,9,13,16,22H,1-4,7-8,10-11H2. The number of carbonyl (C=O) groups is 1. The van der Waals surface area contributed by atoms with Crippen molar-refractivity contribution in [3.05, 3.63) is 35.4 Å². The van der Waals surface area contributed by atoms with Crippen molar-refractivity contribution in [2.75, 3.05) is 26.2 Å². The van der Waals surface area contributed by atoms with E-state index in [1.807, 2.05) is 4.90 Å². The summed E-state index contributed by atoms with van der Waals surface area (Å²) in [6.45, 7) is 2.76. The summed E-state index contributed by atoms with van der Waals surface area (Å²) in [5.41, 5.74) is 0.378. The number of benzene rings is 1. The third-order valence-corrected chi connectivity index (χ3v) is 4.79. The number of aliphatic hydroxyl groups is 1. The Balaban J connectivity index is 1.60. The van der Waals surface area contributed by atoms with Crippen molar-refractivity contribution in [2.24, 2.45) is 0 Å². The maximum atomic E-state index is 13.3. The Labute approximate surface area is 134 Å². The van der Waals surface area contributed by atoms with Crippen molar-refractivity contribution in [3.63, 3.8) is 0 Å². The first-order valence-electron chi connectivity index (χ1n) is 8.19. The van der Waals surface area contributed by atoms with Crippen LogP contribution >= 0.6 is 0 Å². The summed E-state index contributed by atoms with van der Waals surface area (Å²) in [6, 6.07) is 3.70. The van der Waals surface area contributed by atoms with Gasteiger partial charge < -0.3 is 10.0 Å². The molecule has 23 heavy (non-hydrogen) atoms. The lowest BCUT2D eigenvalue weighted by Crippen LogP contribution is -2.49. The molecule has 0 aliphatic carbocycles. The summed E-state index contributed by atoms with van der Waals surface area (Å²) in [5.74, 6) is -1.63. The van der Waals surface area contributed by atoms with Gasteiger partial charge in [-0.05, 0) is 43.5 Å². The molecule has 2 saturated heterocycles. The number of likely N-dealkylation sites (tertiary alicyclic amines) is 2. The Morgan fingerprint density at radius 3 is 2.74 bits per heavy atom. The predicted octanol–water partition coefficient (Wildman–Crippen LogP) is 2.08. The molecule has 1 amide bonds. The van der Waals surface area contributed by atoms with E-state index in [1.54, 1.807) is 0 Å². The fourth-order valence-corrected chi connectivity index (χ4v) is 3.58. The van der Waals surface area contributed by atoms with Crippen LogP contribution in [0.3, 0.4) is 0 Å². The number of β-amino-alcohol motifs (C(OH)–C–C–N with tert-alkyl or cyclic N) is 1. The summed E-state index contributed by atoms with van der Waals surface area (Å²) >= 11 is 0. The second-order valence-electron chi connectivity index (χ2n) is 6.44. The molecular weight excluding hydrogens is 302 g/mol. The van der Waals surface area contributed by atoms with Gasteiger partial charge in [-0.2, -0.15) is 0 Å². The van der Waals surface area contributed by atoms with Crippen LogP contribution in [-0.2, 0) is 4.79 Å². The summed E-state index contributed by atoms with van der Waals surface area (Å²) in [7, 11) is 0. The van der Waals surface area contributed by atoms with E-state index in [-0.39, 0.29) is 11.9 Å². The molecule has 1 aromatic rings. The Morgan fingerprint density at radius 1 is 1.22 bits per heavy atom. The number of piperidine rings is 1. The minimum Gasteiger partial charge on any atom is -0.387 e. The number of hydrogen-bond acceptors (Lipinski definition) is 3. The van der Waals surface area contributed by atoms with Gasteiger partial charge in [0.2, 0.25) is 5.91 Å². The predicted molar refractivity (Wildman–Crippen MR) is 81.7 cm³/mol. The van der Waals surface area contributed by atoms with Gasteiger partial charge >= 0.3 is 0 Å². The van der Waals surface area contributed by atoms with E-state index in [0.717, 1.165) is 51.0 Å². The number of rotatable bonds is 4. The third-order valence-electron chi connectivity index (χ3n) is 4.79. The molecule has 0 radical (unpaired) electrons. The lowest BCUT2D eigenvalue weighted by molar-refractivity contribution is -0.130. The molecule has 6 heteroatoms. The van der Waals surface area contributed by atoms with E-state index in [2.05, 4.69) is 4.90 Å². The van der Waals surface area contributed by atoms with Crippen molar-refractivity contribution in [3.8, 4) is 0 Å². The van der Waals surface area contributed by atoms with Crippen LogP contribution in [0.15, 0.2) is 18.2 Å². The molecule has 1 aromatic carbocycles. The van der Waals surface area contributed by atoms with Crippen LogP contribution in [0.5, 0.6) is 0 Å². The van der Waals surface area contributed by atoms with Crippen LogP contribution in [0.2, 0.25) is 0 Å². The van der Waals surface area contributed by atoms with Crippen molar-refractivity contribution in [2.45, 2.75) is 37.8 Å². The van der Waals surface area contributed by atoms with Gasteiger partial charge in [-0.25, -0.2) is 8.78 Å². The zero-order chi connectivity index (χ0) is 16.4. The average molecular weight is 324 g/mol. The highest BCUT2D eigenvalue weighted by Gasteiger charge is 2.31. The van der Waals surface area contributed by atoms with Gasteiger partial charge in [-0.1, -0.05) is 6.07 Å². The topological polar surface area (TPSA) is 43.8 Å². The number of nitrogens with zero attached hydrogens (tertiary/aromatic N) is 2. The average Bonchev–Trinajstić information content (AvgIpc) is 2.96. The van der Waals surface area contributed by atoms with Crippen LogP contribution in [-0.4, -0.2) is 53.0 Å². The second-order valence-corrected chi connectivity index (χ2v) is 6.44. The summed E-state index contributed by atoms with van der Waals surface area (Å²) in [4.78, 5) is 15.9. The molecule has 4 nitrogen and oxygen atoms in total. The van der Waals surface area contributed by atoms with E-state index >= 15 is 0 Å². The van der Waals surface area contributed by atoms with Crippen molar-refractivity contribution in [1.82, 2.24) is 9.80 Å². The number of amides is 1. The summed E-state index contributed by atoms with van der Waals surface area (Å²) < 4.78 is 26.3. The fraction of sp³-hybridized carbons (Fsp3) is 0.588. The van der Waals surface area contributed by atoms with Gasteiger partial charge in [-0.15, -0.1) is 0 Å². The first kappa shape index (κ1) is 16.3. The third kappa shape index (κ3) is 3.70. The van der Waals surface area contributed by atoms with Gasteiger partial charge in [0.05, 0.1) is 6.10 Å². The molecule has 2 aliphatic heterocycles. The number of hydrogen-bond donors (Lipinski definition) is 1. The Bertz CT molecular complexity index is 582. The molecule has 0 saturated carbocycles. The van der Waals surface area contributed by atoms with Crippen molar-refractivity contribution in [1.29, 1.82) is 0 Å². The van der Waals surface area contributed by atoms with Crippen LogP contribution in [0.25, 0.3) is 0 Å². The molecule has 2 aliphatic rings. The molecule has 2 fully saturated rings. The maximum absolute atomic E-state index is 13.3. The summed E-state index contributed by atoms with van der Waals surface area (Å²) in [5, 5.41) is 10.3. The van der Waals surface area contributed by atoms with Gasteiger partial charge in [0.1, 0.15) is 0 Å². The van der Waals surface area contributed by atoms with Gasteiger partial charge in [0.25, 0.3) is 0 Å². The highest BCUT2D eigenvalue weighted by atomic mass is 19.2. The van der Waals surface area contributed by atoms with Gasteiger partial charge in [0, 0.05) is 32.1 Å². The number of aliphatic hydroxyl groups excluding tert-OH is 1. The van der Waals surface area contributed by atoms with Crippen LogP contribution in [0.4, 0.5) is 8.78 Å². The highest BCUT2D eigenvalue weighted by Crippen LogP contribution is 2.24. The molecule has 0 aromatic heterocycles. The van der Waals surface area contributed by atoms with E-state index in [0.29, 0.717) is 18.5 Å². The first-order chi connectivity index (χ1) is 11.0. The van der Waals surface area contributed by atoms with E-state index < -0.39 is 17.7 Å². The van der Waals surface area contributed by atoms with Crippen LogP contribution < -0.4 is 0 Å². The Morgan fingerprint density at radius 2 is 2.04 bits per heavy atom. The lowest BCUT2D eigenvalue weighted by Gasteiger charge is -2.38. The fourth-order valence-electron chi connectivity index (χ4n) is 3.58. The van der Waals surface area contributed by atoms with Crippen molar-refractivity contribution < 1.29 is 18.7 Å². The minimum atomic E-state index is -0.944. The van der Waals surface area contributed by atoms with E-state index in [9.17, 15) is 18.7 Å². The zero-order valence-corrected chi connectivity index (χ0v) is 13.0. The molecule has 2 atom stereocenters. The molecule has 0 spiro atoms. The lowest BCUT2D eigenvalue weighted by atomic mass is 10.0. The largest absolute Gasteiger partial charge is 0.387 e. The molecular formula is C17H22F2N2O2. The van der Waals surface area contributed by atoms with Gasteiger partial charge in [-0.3, -0.25) is 9.69 Å². The molecule has 1 N–H and O–H groups in total. The second kappa shape index (κ2) is 6.93. The molecule has 3 rings (SSSR count). The number of halogens is 2. The normalized spacial score (nSPS) is 24.2. The quantitative estimate of drug-likeness (QED) is 0.922. The minimum absolute atomic E-state index is 0.205. The zero-order valence-electron chi connectivity index (χ0n) is 13.0. The molecule has 0 bridgehead atoms. The first-order valence-corrected chi connectivity index (χ1v) is 8.19. The van der Waals surface area contributed by atoms with Crippen molar-refractivity contribution >= 4 is 5.91 Å². The Hall–Kier alpha value is -1.53. The maximum Gasteiger partial charge on any atom is 0.222 e. The van der Waals surface area contributed by atoms with Crippen LogP contribution in [0.1, 0.15) is 37.4 Å². The smallest absolute Gasteiger partial charge is 0.222 e. The van der Waals surface area contributed by atoms with E-state index in [1.165, 1.54) is 6.07 Å². The monoisotopic (exact) mass is 324 g/mol.